The third-order valence-electron chi connectivity index (χ3n) is 21.2. The Morgan fingerprint density at radius 2 is 0.587 bits per heavy atom. The maximum atomic E-state index is 13.6. The molecular weight excluding hydrogens is 2080 g/mol. The number of phenolic OH excluding ortho intramolecular Hbond substituents is 6. The summed E-state index contributed by atoms with van der Waals surface area (Å²) in [6, 6.07) is 79.4. The van der Waals surface area contributed by atoms with Crippen LogP contribution in [0.2, 0.25) is 35.2 Å². The molecule has 0 spiro atoms. The van der Waals surface area contributed by atoms with Gasteiger partial charge in [0, 0.05) is 193 Å². The van der Waals surface area contributed by atoms with Crippen LogP contribution < -0.4 is 4.74 Å². The summed E-state index contributed by atoms with van der Waals surface area (Å²) in [5, 5.41) is 59.4. The second-order valence-electron chi connectivity index (χ2n) is 32.5. The number of aromatic hydroxyl groups is 6. The number of ether oxygens (including phenoxy) is 1. The number of hydrogen-bond donors (Lipinski definition) is 6. The van der Waals surface area contributed by atoms with E-state index >= 15 is 0 Å². The van der Waals surface area contributed by atoms with Crippen molar-refractivity contribution < 1.29 is 73.1 Å². The van der Waals surface area contributed by atoms with Gasteiger partial charge in [-0.3, -0.25) is 28.8 Å². The van der Waals surface area contributed by atoms with Crippen LogP contribution in [0.15, 0.2) is 302 Å². The smallest absolute Gasteiger partial charge is 0.222 e. The number of carbonyl (C=O) groups excluding carboxylic acids is 6. The summed E-state index contributed by atoms with van der Waals surface area (Å²) in [4.78, 5) is 89.1. The second kappa shape index (κ2) is 66.3. The number of rotatable bonds is 43. The molecule has 6 N–H and O–H groups in total. The Morgan fingerprint density at radius 1 is 0.308 bits per heavy atom. The molecule has 1 atom stereocenters. The molecule has 1 unspecified atom stereocenters. The number of para-hydroxylation sites is 1. The van der Waals surface area contributed by atoms with Gasteiger partial charge in [-0.15, -0.1) is 58.8 Å². The van der Waals surface area contributed by atoms with Crippen molar-refractivity contribution in [3.63, 3.8) is 0 Å². The normalized spacial score (nSPS) is 10.8. The lowest BCUT2D eigenvalue weighted by atomic mass is 10.2. The van der Waals surface area contributed by atoms with E-state index in [2.05, 4.69) is 0 Å². The molecule has 143 heavy (non-hydrogen) atoms. The van der Waals surface area contributed by atoms with Crippen molar-refractivity contribution in [3.8, 4) is 40.2 Å². The van der Waals surface area contributed by atoms with Gasteiger partial charge in [-0.25, -0.2) is 4.39 Å². The zero-order valence-electron chi connectivity index (χ0n) is 80.6. The van der Waals surface area contributed by atoms with Crippen molar-refractivity contribution in [2.75, 3.05) is 83.9 Å². The topological polar surface area (TPSA) is 276 Å². The van der Waals surface area contributed by atoms with Gasteiger partial charge in [-0.1, -0.05) is 160 Å². The van der Waals surface area contributed by atoms with Crippen LogP contribution in [0.4, 0.5) is 4.39 Å². The van der Waals surface area contributed by atoms with Crippen LogP contribution >= 0.6 is 140 Å². The molecule has 12 aromatic carbocycles. The predicted molar refractivity (Wildman–Crippen MR) is 588 cm³/mol. The number of hydrogen-bond acceptors (Lipinski definition) is 19. The summed E-state index contributed by atoms with van der Waals surface area (Å²) >= 11 is 49.7. The highest BCUT2D eigenvalue weighted by atomic mass is 35.5. The Labute approximate surface area is 898 Å². The van der Waals surface area contributed by atoms with Crippen LogP contribution in [0.5, 0.6) is 40.2 Å². The summed E-state index contributed by atoms with van der Waals surface area (Å²) in [5.74, 6) is 7.01. The molecule has 12 aromatic rings. The molecule has 12 rings (SSSR count). The molecule has 0 fully saturated rings. The fourth-order valence-electron chi connectivity index (χ4n) is 13.1. The average molecular weight is 2200 g/mol. The Bertz CT molecular complexity index is 5890. The van der Waals surface area contributed by atoms with Crippen molar-refractivity contribution in [1.29, 1.82) is 0 Å². The van der Waals surface area contributed by atoms with E-state index in [4.69, 9.17) is 85.9 Å². The lowest BCUT2D eigenvalue weighted by Gasteiger charge is -2.19. The van der Waals surface area contributed by atoms with E-state index in [0.29, 0.717) is 129 Å². The van der Waals surface area contributed by atoms with E-state index in [1.165, 1.54) is 18.2 Å². The minimum absolute atomic E-state index is 0.00220. The van der Waals surface area contributed by atoms with Crippen molar-refractivity contribution in [2.24, 2.45) is 0 Å². The van der Waals surface area contributed by atoms with Gasteiger partial charge in [0.05, 0.1) is 17.2 Å². The number of thioether (sulfide) groups is 5. The minimum atomic E-state index is -1.17. The van der Waals surface area contributed by atoms with Gasteiger partial charge in [0.2, 0.25) is 35.4 Å². The fourth-order valence-corrected chi connectivity index (χ4v) is 20.0. The van der Waals surface area contributed by atoms with Crippen molar-refractivity contribution in [3.05, 3.63) is 347 Å². The molecule has 0 heterocycles. The highest BCUT2D eigenvalue weighted by Gasteiger charge is 2.21. The van der Waals surface area contributed by atoms with Gasteiger partial charge in [-0.2, -0.15) is 0 Å². The predicted octanol–water partition coefficient (Wildman–Crippen LogP) is 27.3. The number of benzene rings is 12. The lowest BCUT2D eigenvalue weighted by Crippen LogP contribution is -2.26. The Hall–Kier alpha value is -9.92. The summed E-state index contributed by atoms with van der Waals surface area (Å²) in [6.07, 6.45) is 7.24. The van der Waals surface area contributed by atoms with Crippen LogP contribution in [0.25, 0.3) is 0 Å². The van der Waals surface area contributed by atoms with Crippen molar-refractivity contribution in [2.45, 2.75) is 146 Å². The number of halogens is 8. The molecular formula is C109H120Cl7FN6O14S6. The van der Waals surface area contributed by atoms with Gasteiger partial charge < -0.3 is 69.3 Å². The quantitative estimate of drug-likeness (QED) is 0.0118. The van der Waals surface area contributed by atoms with Crippen LogP contribution in [0, 0.1) is 5.82 Å². The number of nitrogens with zero attached hydrogens (tertiary/aromatic N) is 6. The van der Waals surface area contributed by atoms with E-state index in [1.807, 2.05) is 128 Å². The minimum Gasteiger partial charge on any atom is -0.611 e. The van der Waals surface area contributed by atoms with Crippen LogP contribution in [0.1, 0.15) is 110 Å². The van der Waals surface area contributed by atoms with Gasteiger partial charge >= 0.3 is 0 Å². The van der Waals surface area contributed by atoms with E-state index in [-0.39, 0.29) is 82.3 Å². The first-order chi connectivity index (χ1) is 68.5. The standard InChI is InChI=1S/C19H23NO3S.3C18H19Cl2NO2S.C18H20ClNO3S.C18H20FNO2S/c1-20(14-15-6-3-4-7-18(15)23-2)19(22)8-5-13-24-17-11-9-16(21)10-12-17;1-21(12-15-16(19)4-2-5-17(15)20)18(23)6-3-11-24-14-9-7-13(22)8-10-14;1-21(12-13-4-2-5-16(19)18(13)20)17(23)6-3-11-24-15-9-7-14(22)8-10-15;1-21(12-13-4-5-14(19)11-17(13)20)18(23)3-2-10-24-16-8-6-15(22)7-9-16;1-20(13-14-5-2-3-6-17(14)19)18(22)7-4-12-24(23)16-10-8-15(21)9-11-16;1-20(13-14-5-2-3-6-17(14)19)18(22)7-4-12-23-16-10-8-15(21)9-11-16/h3-4,6-7,9-12,21H,5,8,13-14H2,1-2H3;2*2,4-5,7-10,22H,3,6,11-12H2,1H3;4-9,11,22H,2-3,10,12H2,1H3;2-3,5-6,8-11,21H,4,7,12-13H2,1H3;2-3,5-6,8-11,21H,4,7,12-13H2,1H3. The van der Waals surface area contributed by atoms with E-state index < -0.39 is 11.2 Å². The summed E-state index contributed by atoms with van der Waals surface area (Å²) in [6.45, 7) is 2.62. The van der Waals surface area contributed by atoms with Crippen LogP contribution in [0.3, 0.4) is 0 Å². The van der Waals surface area contributed by atoms with Crippen LogP contribution in [-0.2, 0) is 79.2 Å². The molecule has 0 saturated carbocycles. The highest BCUT2D eigenvalue weighted by Crippen LogP contribution is 2.33. The highest BCUT2D eigenvalue weighted by molar-refractivity contribution is 8.00. The fraction of sp³-hybridized carbons (Fsp3) is 0.284. The van der Waals surface area contributed by atoms with Gasteiger partial charge in [0.1, 0.15) is 51.8 Å². The third kappa shape index (κ3) is 46.6. The maximum absolute atomic E-state index is 13.6. The largest absolute Gasteiger partial charge is 0.611 e. The molecule has 0 radical (unpaired) electrons. The lowest BCUT2D eigenvalue weighted by molar-refractivity contribution is -0.131. The second-order valence-corrected chi connectivity index (χ2v) is 42.8. The van der Waals surface area contributed by atoms with E-state index in [1.54, 1.807) is 264 Å². The van der Waals surface area contributed by atoms with Gasteiger partial charge in [-0.05, 0) is 283 Å². The van der Waals surface area contributed by atoms with Crippen molar-refractivity contribution in [1.82, 2.24) is 29.4 Å². The SMILES string of the molecule is CN(Cc1c(Cl)cccc1Cl)C(=O)CCCSc1ccc(O)cc1.CN(Cc1ccc(Cl)cc1Cl)C(=O)CCCSc1ccc(O)cc1.CN(Cc1cccc(Cl)c1Cl)C(=O)CCCSc1ccc(O)cc1.CN(Cc1ccccc1Cl)C(=O)CCC[S+]([O-])c1ccc(O)cc1.CN(Cc1ccccc1F)C(=O)CCCSc1ccc(O)cc1.COc1ccccc1CN(C)C(=O)CCCSc1ccc(O)cc1. The Kier molecular flexibility index (Phi) is 55.6. The molecule has 0 bridgehead atoms. The van der Waals surface area contributed by atoms with Gasteiger partial charge in [0.15, 0.2) is 4.90 Å². The summed E-state index contributed by atoms with van der Waals surface area (Å²) in [5.41, 5.74) is 4.95. The maximum Gasteiger partial charge on any atom is 0.222 e. The van der Waals surface area contributed by atoms with E-state index in [9.17, 15) is 68.3 Å². The summed E-state index contributed by atoms with van der Waals surface area (Å²) < 4.78 is 31.0. The number of phenols is 6. The van der Waals surface area contributed by atoms with Crippen molar-refractivity contribution >= 4 is 187 Å². The first-order valence-electron chi connectivity index (χ1n) is 45.6. The number of carbonyl (C=O) groups is 6. The molecule has 6 amide bonds. The molecule has 0 aromatic heterocycles. The molecule has 0 saturated heterocycles. The summed E-state index contributed by atoms with van der Waals surface area (Å²) in [7, 11) is 12.2. The Morgan fingerprint density at radius 3 is 0.951 bits per heavy atom. The number of methoxy groups -OCH3 is 1. The third-order valence-corrected chi connectivity index (χ3v) is 30.7. The zero-order chi connectivity index (χ0) is 104. The van der Waals surface area contributed by atoms with E-state index in [0.717, 1.165) is 119 Å². The molecule has 20 nitrogen and oxygen atoms in total. The Balaban J connectivity index is 0.000000233. The van der Waals surface area contributed by atoms with Gasteiger partial charge in [0.25, 0.3) is 0 Å². The molecule has 0 aliphatic heterocycles. The molecule has 0 aliphatic rings. The first kappa shape index (κ1) is 120. The zero-order valence-corrected chi connectivity index (χ0v) is 90.7. The first-order valence-corrected chi connectivity index (χ1v) is 54.5. The monoisotopic (exact) mass is 2190 g/mol. The molecule has 762 valence electrons. The molecule has 34 heteroatoms. The average Bonchev–Trinajstić information content (AvgIpc) is 0.822. The molecule has 0 aliphatic carbocycles. The number of amides is 6. The van der Waals surface area contributed by atoms with Crippen LogP contribution in [-0.4, -0.2) is 184 Å².